The number of hydrogen-bond donors (Lipinski definition) is 1. The first-order valence-electron chi connectivity index (χ1n) is 9.65. The Morgan fingerprint density at radius 2 is 1.90 bits per heavy atom. The fraction of sp³-hybridized carbons (Fsp3) is 0.182. The van der Waals surface area contributed by atoms with Crippen molar-refractivity contribution in [3.05, 3.63) is 88.5 Å². The molecule has 0 fully saturated rings. The minimum Gasteiger partial charge on any atom is -0.471 e. The van der Waals surface area contributed by atoms with Crippen molar-refractivity contribution in [2.45, 2.75) is 27.1 Å². The summed E-state index contributed by atoms with van der Waals surface area (Å²) in [6.07, 6.45) is 3.26. The van der Waals surface area contributed by atoms with Gasteiger partial charge < -0.3 is 4.74 Å². The summed E-state index contributed by atoms with van der Waals surface area (Å²) >= 11 is 5.96. The molecular weight excluding hydrogens is 416 g/mol. The number of nitrogens with one attached hydrogen (secondary N) is 1. The third-order valence-electron chi connectivity index (χ3n) is 4.72. The molecule has 0 aliphatic heterocycles. The van der Waals surface area contributed by atoms with Gasteiger partial charge in [0, 0.05) is 11.2 Å². The summed E-state index contributed by atoms with van der Waals surface area (Å²) in [5.41, 5.74) is 3.47. The van der Waals surface area contributed by atoms with Gasteiger partial charge >= 0.3 is 0 Å². The van der Waals surface area contributed by atoms with E-state index >= 15 is 0 Å². The Kier molecular flexibility index (Phi) is 5.99. The number of rotatable bonds is 7. The summed E-state index contributed by atoms with van der Waals surface area (Å²) in [6, 6.07) is 15.0. The number of aryl methyl sites for hydroxylation is 2. The predicted octanol–water partition coefficient (Wildman–Crippen LogP) is 4.08. The van der Waals surface area contributed by atoms with Gasteiger partial charge in [-0.15, -0.1) is 5.10 Å². The van der Waals surface area contributed by atoms with Crippen molar-refractivity contribution in [3.8, 4) is 5.75 Å². The number of amides is 1. The number of carbonyl (C=O) groups is 1. The van der Waals surface area contributed by atoms with Crippen molar-refractivity contribution in [1.29, 1.82) is 0 Å². The summed E-state index contributed by atoms with van der Waals surface area (Å²) in [4.78, 5) is 16.6. The highest BCUT2D eigenvalue weighted by Gasteiger charge is 2.13. The standard InChI is InChI=1S/C22H21ClN6O2/c1-15-5-3-4-6-17(15)12-29-13-24-22(27-29)25-21(30)19-9-10-28(26-19)14-31-20-8-7-18(23)11-16(20)2/h3-11,13H,12,14H2,1-2H3,(H,25,27,30). The predicted molar refractivity (Wildman–Crippen MR) is 117 cm³/mol. The Bertz CT molecular complexity index is 1220. The molecule has 0 saturated carbocycles. The second-order valence-corrected chi connectivity index (χ2v) is 7.51. The number of aromatic nitrogens is 5. The van der Waals surface area contributed by atoms with Gasteiger partial charge in [-0.2, -0.15) is 5.10 Å². The highest BCUT2D eigenvalue weighted by Crippen LogP contribution is 2.22. The Labute approximate surface area is 184 Å². The monoisotopic (exact) mass is 436 g/mol. The lowest BCUT2D eigenvalue weighted by atomic mass is 10.1. The summed E-state index contributed by atoms with van der Waals surface area (Å²) in [6.45, 7) is 4.70. The van der Waals surface area contributed by atoms with E-state index in [1.54, 1.807) is 35.4 Å². The van der Waals surface area contributed by atoms with E-state index in [9.17, 15) is 4.79 Å². The molecule has 4 aromatic rings. The van der Waals surface area contributed by atoms with Crippen molar-refractivity contribution in [1.82, 2.24) is 24.5 Å². The van der Waals surface area contributed by atoms with Gasteiger partial charge in [-0.1, -0.05) is 35.9 Å². The number of hydrogen-bond acceptors (Lipinski definition) is 5. The van der Waals surface area contributed by atoms with Crippen molar-refractivity contribution < 1.29 is 9.53 Å². The van der Waals surface area contributed by atoms with Crippen LogP contribution in [0.2, 0.25) is 5.02 Å². The highest BCUT2D eigenvalue weighted by molar-refractivity contribution is 6.30. The van der Waals surface area contributed by atoms with Gasteiger partial charge in [0.2, 0.25) is 5.95 Å². The van der Waals surface area contributed by atoms with Crippen molar-refractivity contribution >= 4 is 23.5 Å². The van der Waals surface area contributed by atoms with Crippen LogP contribution in [-0.4, -0.2) is 30.5 Å². The van der Waals surface area contributed by atoms with Crippen LogP contribution in [0.25, 0.3) is 0 Å². The average Bonchev–Trinajstić information content (AvgIpc) is 3.39. The first-order chi connectivity index (χ1) is 15.0. The zero-order valence-electron chi connectivity index (χ0n) is 17.1. The minimum absolute atomic E-state index is 0.166. The molecule has 0 aliphatic carbocycles. The first-order valence-corrected chi connectivity index (χ1v) is 10.0. The third-order valence-corrected chi connectivity index (χ3v) is 4.95. The Balaban J connectivity index is 1.35. The van der Waals surface area contributed by atoms with E-state index in [0.717, 1.165) is 11.1 Å². The molecule has 2 heterocycles. The van der Waals surface area contributed by atoms with Crippen molar-refractivity contribution in [2.24, 2.45) is 0 Å². The van der Waals surface area contributed by atoms with Gasteiger partial charge in [0.25, 0.3) is 5.91 Å². The summed E-state index contributed by atoms with van der Waals surface area (Å²) in [5, 5.41) is 11.9. The van der Waals surface area contributed by atoms with Crippen LogP contribution in [0.5, 0.6) is 5.75 Å². The van der Waals surface area contributed by atoms with Crippen molar-refractivity contribution in [3.63, 3.8) is 0 Å². The van der Waals surface area contributed by atoms with Crippen LogP contribution >= 0.6 is 11.6 Å². The van der Waals surface area contributed by atoms with Crippen LogP contribution in [0.15, 0.2) is 61.1 Å². The number of anilines is 1. The van der Waals surface area contributed by atoms with Crippen LogP contribution < -0.4 is 10.1 Å². The number of benzene rings is 2. The molecule has 8 nitrogen and oxygen atoms in total. The minimum atomic E-state index is -0.393. The maximum atomic E-state index is 12.5. The number of carbonyl (C=O) groups excluding carboxylic acids is 1. The van der Waals surface area contributed by atoms with Gasteiger partial charge in [-0.05, 0) is 54.8 Å². The largest absolute Gasteiger partial charge is 0.471 e. The molecule has 0 atom stereocenters. The maximum absolute atomic E-state index is 12.5. The van der Waals surface area contributed by atoms with Crippen molar-refractivity contribution in [2.75, 3.05) is 5.32 Å². The fourth-order valence-corrected chi connectivity index (χ4v) is 3.25. The first kappa shape index (κ1) is 20.6. The molecular formula is C22H21ClN6O2. The highest BCUT2D eigenvalue weighted by atomic mass is 35.5. The summed E-state index contributed by atoms with van der Waals surface area (Å²) in [7, 11) is 0. The van der Waals surface area contributed by atoms with Gasteiger partial charge in [-0.3, -0.25) is 10.1 Å². The molecule has 4 rings (SSSR count). The lowest BCUT2D eigenvalue weighted by Gasteiger charge is -2.09. The summed E-state index contributed by atoms with van der Waals surface area (Å²) < 4.78 is 8.96. The van der Waals surface area contributed by atoms with E-state index in [1.165, 1.54) is 10.2 Å². The molecule has 158 valence electrons. The maximum Gasteiger partial charge on any atom is 0.278 e. The quantitative estimate of drug-likeness (QED) is 0.471. The summed E-state index contributed by atoms with van der Waals surface area (Å²) in [5.74, 6) is 0.533. The number of nitrogens with zero attached hydrogens (tertiary/aromatic N) is 5. The Morgan fingerprint density at radius 1 is 1.06 bits per heavy atom. The molecule has 31 heavy (non-hydrogen) atoms. The van der Waals surface area contributed by atoms with Crippen LogP contribution in [-0.2, 0) is 13.3 Å². The number of ether oxygens (including phenoxy) is 1. The normalized spacial score (nSPS) is 10.8. The molecule has 9 heteroatoms. The number of halogens is 1. The molecule has 1 N–H and O–H groups in total. The van der Waals surface area contributed by atoms with Crippen LogP contribution in [0.4, 0.5) is 5.95 Å². The van der Waals surface area contributed by atoms with E-state index in [1.807, 2.05) is 44.2 Å². The molecule has 0 aliphatic rings. The average molecular weight is 437 g/mol. The second kappa shape index (κ2) is 9.01. The van der Waals surface area contributed by atoms with E-state index in [2.05, 4.69) is 20.5 Å². The molecule has 2 aromatic heterocycles. The van der Waals surface area contributed by atoms with Crippen LogP contribution in [0.1, 0.15) is 27.2 Å². The Morgan fingerprint density at radius 3 is 2.71 bits per heavy atom. The third kappa shape index (κ3) is 5.10. The molecule has 0 unspecified atom stereocenters. The van der Waals surface area contributed by atoms with E-state index in [4.69, 9.17) is 16.3 Å². The molecule has 2 aromatic carbocycles. The van der Waals surface area contributed by atoms with E-state index < -0.39 is 5.91 Å². The zero-order chi connectivity index (χ0) is 21.8. The fourth-order valence-electron chi connectivity index (χ4n) is 3.02. The lowest BCUT2D eigenvalue weighted by molar-refractivity contribution is 0.101. The van der Waals surface area contributed by atoms with E-state index in [0.29, 0.717) is 17.3 Å². The molecule has 1 amide bonds. The van der Waals surface area contributed by atoms with Gasteiger partial charge in [-0.25, -0.2) is 14.3 Å². The van der Waals surface area contributed by atoms with Gasteiger partial charge in [0.1, 0.15) is 12.1 Å². The Hall–Kier alpha value is -3.65. The second-order valence-electron chi connectivity index (χ2n) is 7.07. The van der Waals surface area contributed by atoms with Gasteiger partial charge in [0.15, 0.2) is 12.4 Å². The molecule has 0 spiro atoms. The smallest absolute Gasteiger partial charge is 0.278 e. The molecule has 0 saturated heterocycles. The van der Waals surface area contributed by atoms with E-state index in [-0.39, 0.29) is 18.4 Å². The topological polar surface area (TPSA) is 86.9 Å². The van der Waals surface area contributed by atoms with Crippen LogP contribution in [0, 0.1) is 13.8 Å². The molecule has 0 radical (unpaired) electrons. The van der Waals surface area contributed by atoms with Crippen LogP contribution in [0.3, 0.4) is 0 Å². The zero-order valence-corrected chi connectivity index (χ0v) is 17.9. The lowest BCUT2D eigenvalue weighted by Crippen LogP contribution is -2.15. The SMILES string of the molecule is Cc1ccccc1Cn1cnc(NC(=O)c2ccn(COc3ccc(Cl)cc3C)n2)n1. The molecule has 0 bridgehead atoms. The van der Waals surface area contributed by atoms with Gasteiger partial charge in [0.05, 0.1) is 6.54 Å².